The van der Waals surface area contributed by atoms with Crippen LogP contribution in [-0.2, 0) is 0 Å². The molecule has 150 valence electrons. The molecule has 2 N–H and O–H groups in total. The molecule has 0 aromatic carbocycles. The average Bonchev–Trinajstić information content (AvgIpc) is 2.54. The lowest BCUT2D eigenvalue weighted by atomic mass is 10.1. The van der Waals surface area contributed by atoms with E-state index in [0.717, 1.165) is 0 Å². The molecule has 0 atom stereocenters. The smallest absolute Gasteiger partial charge is 0.00489 e. The standard InChI is InChI=1S/C20H44N2.2BrH/c1-3-5-7-9-13-17-21-19-15-11-12-16-20-22-18-14-10-8-6-4-2;;/h21-22H,3-20H2,1-2H3;2*1H. The highest BCUT2D eigenvalue weighted by atomic mass is 79.9. The molecular formula is C20H46Br2N2. The van der Waals surface area contributed by atoms with Gasteiger partial charge >= 0.3 is 0 Å². The molecule has 0 fully saturated rings. The monoisotopic (exact) mass is 472 g/mol. The molecule has 0 bridgehead atoms. The van der Waals surface area contributed by atoms with Gasteiger partial charge in [0.25, 0.3) is 0 Å². The highest BCUT2D eigenvalue weighted by Gasteiger charge is 1.93. The van der Waals surface area contributed by atoms with Gasteiger partial charge in [0.2, 0.25) is 0 Å². The minimum atomic E-state index is 0. The maximum absolute atomic E-state index is 3.58. The van der Waals surface area contributed by atoms with E-state index in [4.69, 9.17) is 0 Å². The number of halogens is 2. The van der Waals surface area contributed by atoms with E-state index in [-0.39, 0.29) is 34.0 Å². The summed E-state index contributed by atoms with van der Waals surface area (Å²) in [6.07, 6.45) is 19.4. The molecule has 2 nitrogen and oxygen atoms in total. The van der Waals surface area contributed by atoms with Crippen LogP contribution >= 0.6 is 34.0 Å². The zero-order valence-corrected chi connectivity index (χ0v) is 20.0. The van der Waals surface area contributed by atoms with Crippen molar-refractivity contribution in [2.75, 3.05) is 26.2 Å². The van der Waals surface area contributed by atoms with Crippen LogP contribution in [0.4, 0.5) is 0 Å². The van der Waals surface area contributed by atoms with Crippen molar-refractivity contribution in [2.45, 2.75) is 104 Å². The number of nitrogens with one attached hydrogen (secondary N) is 2. The van der Waals surface area contributed by atoms with E-state index < -0.39 is 0 Å². The molecule has 0 saturated carbocycles. The van der Waals surface area contributed by atoms with Gasteiger partial charge in [-0.15, -0.1) is 34.0 Å². The van der Waals surface area contributed by atoms with Crippen molar-refractivity contribution in [3.05, 3.63) is 0 Å². The quantitative estimate of drug-likeness (QED) is 0.201. The summed E-state index contributed by atoms with van der Waals surface area (Å²) in [6.45, 7) is 9.45. The molecule has 0 unspecified atom stereocenters. The largest absolute Gasteiger partial charge is 0.317 e. The van der Waals surface area contributed by atoms with Crippen LogP contribution in [0.3, 0.4) is 0 Å². The molecule has 24 heavy (non-hydrogen) atoms. The lowest BCUT2D eigenvalue weighted by Gasteiger charge is -2.06. The first-order chi connectivity index (χ1) is 10.9. The molecule has 0 aliphatic heterocycles. The Bertz CT molecular complexity index is 172. The topological polar surface area (TPSA) is 24.1 Å². The molecule has 0 radical (unpaired) electrons. The third kappa shape index (κ3) is 27.7. The summed E-state index contributed by atoms with van der Waals surface area (Å²) in [7, 11) is 0. The van der Waals surface area contributed by atoms with Crippen LogP contribution in [0.5, 0.6) is 0 Å². The molecule has 0 amide bonds. The van der Waals surface area contributed by atoms with Crippen LogP contribution in [0.1, 0.15) is 104 Å². The Morgan fingerprint density at radius 1 is 0.375 bits per heavy atom. The minimum absolute atomic E-state index is 0. The van der Waals surface area contributed by atoms with Gasteiger partial charge in [-0.05, 0) is 51.9 Å². The highest BCUT2D eigenvalue weighted by molar-refractivity contribution is 8.93. The van der Waals surface area contributed by atoms with E-state index in [0.29, 0.717) is 0 Å². The summed E-state index contributed by atoms with van der Waals surface area (Å²) in [5.74, 6) is 0. The van der Waals surface area contributed by atoms with Gasteiger partial charge in [-0.1, -0.05) is 78.1 Å². The zero-order valence-electron chi connectivity index (χ0n) is 16.5. The molecule has 0 aromatic rings. The average molecular weight is 474 g/mol. The fourth-order valence-electron chi connectivity index (χ4n) is 2.81. The minimum Gasteiger partial charge on any atom is -0.317 e. The molecule has 0 aliphatic carbocycles. The van der Waals surface area contributed by atoms with Crippen LogP contribution in [0.2, 0.25) is 0 Å². The van der Waals surface area contributed by atoms with E-state index in [1.807, 2.05) is 0 Å². The van der Waals surface area contributed by atoms with E-state index in [1.54, 1.807) is 0 Å². The van der Waals surface area contributed by atoms with E-state index >= 15 is 0 Å². The van der Waals surface area contributed by atoms with Crippen molar-refractivity contribution >= 4 is 34.0 Å². The second-order valence-electron chi connectivity index (χ2n) is 6.74. The van der Waals surface area contributed by atoms with Crippen molar-refractivity contribution in [1.82, 2.24) is 10.6 Å². The summed E-state index contributed by atoms with van der Waals surface area (Å²) in [4.78, 5) is 0. The van der Waals surface area contributed by atoms with Gasteiger partial charge in [-0.3, -0.25) is 0 Å². The zero-order chi connectivity index (χ0) is 16.1. The van der Waals surface area contributed by atoms with Crippen LogP contribution in [-0.4, -0.2) is 26.2 Å². The first-order valence-electron chi connectivity index (χ1n) is 10.3. The van der Waals surface area contributed by atoms with Crippen LogP contribution in [0.25, 0.3) is 0 Å². The normalized spacial score (nSPS) is 10.2. The first-order valence-corrected chi connectivity index (χ1v) is 10.3. The molecule has 0 heterocycles. The van der Waals surface area contributed by atoms with E-state index in [9.17, 15) is 0 Å². The predicted molar refractivity (Wildman–Crippen MR) is 122 cm³/mol. The number of hydrogen-bond donors (Lipinski definition) is 2. The SMILES string of the molecule is Br.Br.CCCCCCCNCCCCCCNCCCCCCC. The van der Waals surface area contributed by atoms with Crippen molar-refractivity contribution in [3.8, 4) is 0 Å². The van der Waals surface area contributed by atoms with Crippen LogP contribution in [0.15, 0.2) is 0 Å². The van der Waals surface area contributed by atoms with Crippen LogP contribution < -0.4 is 10.6 Å². The fourth-order valence-corrected chi connectivity index (χ4v) is 2.81. The number of unbranched alkanes of at least 4 members (excludes halogenated alkanes) is 11. The summed E-state index contributed by atoms with van der Waals surface area (Å²) in [5.41, 5.74) is 0. The van der Waals surface area contributed by atoms with Crippen molar-refractivity contribution < 1.29 is 0 Å². The molecule has 4 heteroatoms. The molecular weight excluding hydrogens is 428 g/mol. The van der Waals surface area contributed by atoms with Gasteiger partial charge in [-0.2, -0.15) is 0 Å². The Labute approximate surface area is 174 Å². The first kappa shape index (κ1) is 29.6. The van der Waals surface area contributed by atoms with Gasteiger partial charge in [0, 0.05) is 0 Å². The van der Waals surface area contributed by atoms with Gasteiger partial charge < -0.3 is 10.6 Å². The van der Waals surface area contributed by atoms with Gasteiger partial charge in [0.15, 0.2) is 0 Å². The molecule has 0 spiro atoms. The van der Waals surface area contributed by atoms with Crippen molar-refractivity contribution in [3.63, 3.8) is 0 Å². The van der Waals surface area contributed by atoms with Gasteiger partial charge in [-0.25, -0.2) is 0 Å². The third-order valence-electron chi connectivity index (χ3n) is 4.37. The van der Waals surface area contributed by atoms with Gasteiger partial charge in [0.1, 0.15) is 0 Å². The maximum atomic E-state index is 3.58. The summed E-state index contributed by atoms with van der Waals surface area (Å²) < 4.78 is 0. The lowest BCUT2D eigenvalue weighted by Crippen LogP contribution is -2.17. The van der Waals surface area contributed by atoms with Crippen molar-refractivity contribution in [1.29, 1.82) is 0 Å². The fraction of sp³-hybridized carbons (Fsp3) is 1.00. The molecule has 0 aromatic heterocycles. The number of hydrogen-bond acceptors (Lipinski definition) is 2. The molecule has 0 rings (SSSR count). The number of rotatable bonds is 19. The Morgan fingerprint density at radius 3 is 0.875 bits per heavy atom. The maximum Gasteiger partial charge on any atom is -0.00489 e. The highest BCUT2D eigenvalue weighted by Crippen LogP contribution is 2.03. The summed E-state index contributed by atoms with van der Waals surface area (Å²) >= 11 is 0. The second-order valence-corrected chi connectivity index (χ2v) is 6.74. The van der Waals surface area contributed by atoms with E-state index in [2.05, 4.69) is 24.5 Å². The Balaban J connectivity index is -0.00000220. The third-order valence-corrected chi connectivity index (χ3v) is 4.37. The molecule has 0 aliphatic rings. The van der Waals surface area contributed by atoms with Gasteiger partial charge in [0.05, 0.1) is 0 Å². The summed E-state index contributed by atoms with van der Waals surface area (Å²) in [5, 5.41) is 7.16. The van der Waals surface area contributed by atoms with E-state index in [1.165, 1.54) is 116 Å². The van der Waals surface area contributed by atoms with Crippen molar-refractivity contribution in [2.24, 2.45) is 0 Å². The lowest BCUT2D eigenvalue weighted by molar-refractivity contribution is 0.535. The predicted octanol–water partition coefficient (Wildman–Crippen LogP) is 6.82. The Kier molecular flexibility index (Phi) is 35.4. The Hall–Kier alpha value is 0.880. The summed E-state index contributed by atoms with van der Waals surface area (Å²) in [6, 6.07) is 0. The Morgan fingerprint density at radius 2 is 0.625 bits per heavy atom. The second kappa shape index (κ2) is 28.7. The molecule has 0 saturated heterocycles. The van der Waals surface area contributed by atoms with Crippen LogP contribution in [0, 0.1) is 0 Å².